The Morgan fingerprint density at radius 3 is 2.59 bits per heavy atom. The summed E-state index contributed by atoms with van der Waals surface area (Å²) < 4.78 is 24.3. The Bertz CT molecular complexity index is 1190. The molecular weight excluding hydrogens is 436 g/mol. The fourth-order valence-electron chi connectivity index (χ4n) is 3.55. The number of hydrogen-bond acceptors (Lipinski definition) is 7. The maximum Gasteiger partial charge on any atom is 0.312 e. The van der Waals surface area contributed by atoms with Crippen molar-refractivity contribution in [1.82, 2.24) is 9.55 Å². The van der Waals surface area contributed by atoms with Gasteiger partial charge in [0.2, 0.25) is 0 Å². The number of fused-ring (bicyclic) bond motifs is 1. The van der Waals surface area contributed by atoms with E-state index >= 15 is 0 Å². The second-order valence-electron chi connectivity index (χ2n) is 9.35. The number of hydrogen-bond donors (Lipinski definition) is 0. The monoisotopic (exact) mass is 466 g/mol. The highest BCUT2D eigenvalue weighted by Gasteiger charge is 2.24. The van der Waals surface area contributed by atoms with Gasteiger partial charge in [-0.05, 0) is 26.3 Å². The number of rotatable bonds is 7. The average molecular weight is 467 g/mol. The topological polar surface area (TPSA) is 88.9 Å². The zero-order valence-electron chi connectivity index (χ0n) is 19.8. The van der Waals surface area contributed by atoms with E-state index in [4.69, 9.17) is 18.9 Å². The van der Waals surface area contributed by atoms with E-state index in [0.717, 1.165) is 18.4 Å². The van der Waals surface area contributed by atoms with Gasteiger partial charge < -0.3 is 18.9 Å². The number of ether oxygens (including phenoxy) is 4. The van der Waals surface area contributed by atoms with Crippen molar-refractivity contribution in [1.29, 1.82) is 0 Å². The molecular formula is C26H30N2O6. The third-order valence-corrected chi connectivity index (χ3v) is 5.52. The molecule has 0 amide bonds. The highest BCUT2D eigenvalue weighted by Crippen LogP contribution is 2.31. The first-order valence-corrected chi connectivity index (χ1v) is 11.4. The van der Waals surface area contributed by atoms with Gasteiger partial charge in [-0.1, -0.05) is 30.3 Å². The Kier molecular flexibility index (Phi) is 7.17. The number of carbonyl (C=O) groups is 1. The normalized spacial score (nSPS) is 14.7. The van der Waals surface area contributed by atoms with Gasteiger partial charge in [-0.3, -0.25) is 14.2 Å². The first-order valence-electron chi connectivity index (χ1n) is 11.4. The number of benzene rings is 2. The van der Waals surface area contributed by atoms with Crippen LogP contribution in [0.2, 0.25) is 0 Å². The van der Waals surface area contributed by atoms with E-state index in [1.54, 1.807) is 32.9 Å². The molecule has 180 valence electrons. The van der Waals surface area contributed by atoms with Crippen molar-refractivity contribution >= 4 is 16.9 Å². The van der Waals surface area contributed by atoms with Gasteiger partial charge >= 0.3 is 5.97 Å². The van der Waals surface area contributed by atoms with E-state index in [1.165, 1.54) is 10.9 Å². The molecule has 0 radical (unpaired) electrons. The Hall–Kier alpha value is -3.39. The maximum absolute atomic E-state index is 13.3. The van der Waals surface area contributed by atoms with Crippen molar-refractivity contribution in [3.8, 4) is 11.5 Å². The standard InChI is InChI=1S/C26H30N2O6/c1-26(2,3)25(30)33-17-28-16-27-21-13-20(32-15-18-7-5-4-6-8-18)14-22(23(21)24(28)29)34-19-9-11-31-12-10-19/h4-8,13-14,16,19H,9-12,15,17H2,1-3H3. The van der Waals surface area contributed by atoms with E-state index in [0.29, 0.717) is 42.2 Å². The molecule has 0 bridgehead atoms. The lowest BCUT2D eigenvalue weighted by molar-refractivity contribution is -0.157. The van der Waals surface area contributed by atoms with E-state index in [1.807, 2.05) is 30.3 Å². The van der Waals surface area contributed by atoms with Gasteiger partial charge in [0.05, 0.1) is 24.1 Å². The minimum atomic E-state index is -0.670. The molecule has 0 aliphatic carbocycles. The van der Waals surface area contributed by atoms with Crippen LogP contribution in [0.5, 0.6) is 11.5 Å². The molecule has 0 unspecified atom stereocenters. The van der Waals surface area contributed by atoms with Crippen LogP contribution in [-0.4, -0.2) is 34.8 Å². The molecule has 4 rings (SSSR count). The van der Waals surface area contributed by atoms with Gasteiger partial charge in [-0.25, -0.2) is 4.98 Å². The average Bonchev–Trinajstić information content (AvgIpc) is 2.82. The predicted molar refractivity (Wildman–Crippen MR) is 127 cm³/mol. The summed E-state index contributed by atoms with van der Waals surface area (Å²) in [4.78, 5) is 29.9. The molecule has 1 aliphatic heterocycles. The van der Waals surface area contributed by atoms with Crippen LogP contribution in [0.3, 0.4) is 0 Å². The van der Waals surface area contributed by atoms with Crippen molar-refractivity contribution in [2.45, 2.75) is 53.1 Å². The van der Waals surface area contributed by atoms with Crippen LogP contribution in [0.4, 0.5) is 0 Å². The van der Waals surface area contributed by atoms with Crippen LogP contribution >= 0.6 is 0 Å². The quantitative estimate of drug-likeness (QED) is 0.485. The van der Waals surface area contributed by atoms with Crippen LogP contribution < -0.4 is 15.0 Å². The van der Waals surface area contributed by atoms with E-state index < -0.39 is 11.4 Å². The third-order valence-electron chi connectivity index (χ3n) is 5.52. The molecule has 1 fully saturated rings. The first kappa shape index (κ1) is 23.8. The molecule has 1 saturated heterocycles. The largest absolute Gasteiger partial charge is 0.489 e. The Labute approximate surface area is 198 Å². The highest BCUT2D eigenvalue weighted by atomic mass is 16.5. The van der Waals surface area contributed by atoms with Crippen molar-refractivity contribution < 1.29 is 23.7 Å². The molecule has 3 aromatic rings. The molecule has 8 nitrogen and oxygen atoms in total. The van der Waals surface area contributed by atoms with E-state index in [2.05, 4.69) is 4.98 Å². The fraction of sp³-hybridized carbons (Fsp3) is 0.423. The van der Waals surface area contributed by atoms with E-state index in [9.17, 15) is 9.59 Å². The van der Waals surface area contributed by atoms with Crippen LogP contribution in [0, 0.1) is 5.41 Å². The molecule has 8 heteroatoms. The summed E-state index contributed by atoms with van der Waals surface area (Å²) in [6.45, 7) is 6.65. The molecule has 1 aromatic heterocycles. The van der Waals surface area contributed by atoms with Crippen LogP contribution in [0.15, 0.2) is 53.6 Å². The molecule has 0 spiro atoms. The second-order valence-corrected chi connectivity index (χ2v) is 9.35. The predicted octanol–water partition coefficient (Wildman–Crippen LogP) is 4.08. The summed E-state index contributed by atoms with van der Waals surface area (Å²) in [5.41, 5.74) is 0.467. The number of aromatic nitrogens is 2. The Morgan fingerprint density at radius 2 is 1.88 bits per heavy atom. The zero-order valence-corrected chi connectivity index (χ0v) is 19.8. The van der Waals surface area contributed by atoms with Crippen LogP contribution in [0.25, 0.3) is 10.9 Å². The smallest absolute Gasteiger partial charge is 0.312 e. The Morgan fingerprint density at radius 1 is 1.15 bits per heavy atom. The molecule has 2 heterocycles. The molecule has 2 aromatic carbocycles. The molecule has 0 atom stereocenters. The highest BCUT2D eigenvalue weighted by molar-refractivity contribution is 5.85. The Balaban J connectivity index is 1.65. The zero-order chi connectivity index (χ0) is 24.1. The lowest BCUT2D eigenvalue weighted by Gasteiger charge is -2.24. The molecule has 34 heavy (non-hydrogen) atoms. The van der Waals surface area contributed by atoms with Gasteiger partial charge in [-0.15, -0.1) is 0 Å². The van der Waals surface area contributed by atoms with Gasteiger partial charge in [-0.2, -0.15) is 0 Å². The number of nitrogens with zero attached hydrogens (tertiary/aromatic N) is 2. The second kappa shape index (κ2) is 10.3. The van der Waals surface area contributed by atoms with Gasteiger partial charge in [0, 0.05) is 25.0 Å². The lowest BCUT2D eigenvalue weighted by Crippen LogP contribution is -2.29. The summed E-state index contributed by atoms with van der Waals surface area (Å²) in [5.74, 6) is 0.562. The molecule has 0 N–H and O–H groups in total. The number of carbonyl (C=O) groups excluding carboxylic acids is 1. The van der Waals surface area contributed by atoms with Crippen molar-refractivity contribution in [2.24, 2.45) is 5.41 Å². The first-order chi connectivity index (χ1) is 16.3. The number of esters is 1. The van der Waals surface area contributed by atoms with Crippen molar-refractivity contribution in [3.05, 3.63) is 64.7 Å². The van der Waals surface area contributed by atoms with Gasteiger partial charge in [0.15, 0.2) is 6.73 Å². The fourth-order valence-corrected chi connectivity index (χ4v) is 3.55. The lowest BCUT2D eigenvalue weighted by atomic mass is 9.98. The third kappa shape index (κ3) is 5.75. The van der Waals surface area contributed by atoms with Gasteiger partial charge in [0.1, 0.15) is 35.9 Å². The van der Waals surface area contributed by atoms with E-state index in [-0.39, 0.29) is 18.4 Å². The molecule has 1 aliphatic rings. The summed E-state index contributed by atoms with van der Waals surface area (Å²) in [7, 11) is 0. The van der Waals surface area contributed by atoms with Crippen molar-refractivity contribution in [3.63, 3.8) is 0 Å². The van der Waals surface area contributed by atoms with Gasteiger partial charge in [0.25, 0.3) is 5.56 Å². The summed E-state index contributed by atoms with van der Waals surface area (Å²) in [6.07, 6.45) is 2.76. The summed E-state index contributed by atoms with van der Waals surface area (Å²) in [5, 5.41) is 0.327. The van der Waals surface area contributed by atoms with Crippen molar-refractivity contribution in [2.75, 3.05) is 13.2 Å². The summed E-state index contributed by atoms with van der Waals surface area (Å²) >= 11 is 0. The SMILES string of the molecule is CC(C)(C)C(=O)OCn1cnc2cc(OCc3ccccc3)cc(OC3CCOCC3)c2c1=O. The van der Waals surface area contributed by atoms with Crippen LogP contribution in [0.1, 0.15) is 39.2 Å². The molecule has 0 saturated carbocycles. The summed E-state index contributed by atoms with van der Waals surface area (Å²) in [6, 6.07) is 13.3. The van der Waals surface area contributed by atoms with Crippen LogP contribution in [-0.2, 0) is 27.6 Å². The minimum Gasteiger partial charge on any atom is -0.489 e. The maximum atomic E-state index is 13.3. The minimum absolute atomic E-state index is 0.0758.